The molecular weight excluding hydrogens is 443 g/mol. The van der Waals surface area contributed by atoms with Gasteiger partial charge in [-0.3, -0.25) is 10.1 Å². The molecule has 6 atom stereocenters. The smallest absolute Gasteiger partial charge is 0.240 e. The number of hydrogen-bond donors (Lipinski definition) is 2. The van der Waals surface area contributed by atoms with E-state index in [0.29, 0.717) is 11.8 Å². The summed E-state index contributed by atoms with van der Waals surface area (Å²) in [6.07, 6.45) is 11.0. The van der Waals surface area contributed by atoms with Crippen LogP contribution in [0.15, 0.2) is 22.8 Å². The third-order valence-corrected chi connectivity index (χ3v) is 8.88. The number of likely N-dealkylation sites (tertiary alicyclic amines) is 1. The number of amides is 1. The van der Waals surface area contributed by atoms with Crippen LogP contribution in [0, 0.1) is 23.2 Å². The summed E-state index contributed by atoms with van der Waals surface area (Å²) in [5, 5.41) is 15.3. The molecule has 32 heavy (non-hydrogen) atoms. The van der Waals surface area contributed by atoms with E-state index in [0.717, 1.165) is 75.1 Å². The molecule has 0 aromatic heterocycles. The lowest BCUT2D eigenvalue weighted by Gasteiger charge is -2.49. The second-order valence-corrected chi connectivity index (χ2v) is 12.0. The number of allylic oxidation sites excluding steroid dienone is 3. The van der Waals surface area contributed by atoms with Gasteiger partial charge in [-0.05, 0) is 73.7 Å². The Morgan fingerprint density at radius 3 is 2.56 bits per heavy atom. The fraction of sp³-hybridized carbons (Fsp3) is 0.808. The van der Waals surface area contributed by atoms with E-state index in [9.17, 15) is 9.90 Å². The van der Waals surface area contributed by atoms with Crippen molar-refractivity contribution in [2.24, 2.45) is 23.2 Å². The Balaban J connectivity index is 1.66. The Hall–Kier alpha value is -0.550. The van der Waals surface area contributed by atoms with Crippen molar-refractivity contribution in [1.29, 1.82) is 0 Å². The van der Waals surface area contributed by atoms with E-state index in [4.69, 9.17) is 23.2 Å². The normalized spacial score (nSPS) is 31.3. The number of hydrogen-bond acceptors (Lipinski definition) is 3. The fourth-order valence-corrected chi connectivity index (χ4v) is 6.28. The first-order valence-corrected chi connectivity index (χ1v) is 13.3. The largest absolute Gasteiger partial charge is 0.375 e. The van der Waals surface area contributed by atoms with Crippen molar-refractivity contribution >= 4 is 29.1 Å². The third kappa shape index (κ3) is 6.31. The van der Waals surface area contributed by atoms with Crippen LogP contribution in [0.5, 0.6) is 0 Å². The minimum Gasteiger partial charge on any atom is -0.375 e. The van der Waals surface area contributed by atoms with Gasteiger partial charge in [-0.15, -0.1) is 11.6 Å². The molecule has 4 unspecified atom stereocenters. The number of halogens is 2. The van der Waals surface area contributed by atoms with Crippen LogP contribution >= 0.6 is 23.2 Å². The first kappa shape index (κ1) is 26.1. The Bertz CT molecular complexity index is 721. The second kappa shape index (κ2) is 11.3. The van der Waals surface area contributed by atoms with Gasteiger partial charge in [0, 0.05) is 23.5 Å². The molecule has 1 fully saturated rings. The van der Waals surface area contributed by atoms with E-state index in [1.54, 1.807) is 0 Å². The topological polar surface area (TPSA) is 52.6 Å². The summed E-state index contributed by atoms with van der Waals surface area (Å²) in [5.41, 5.74) is 1.03. The van der Waals surface area contributed by atoms with Crippen LogP contribution in [-0.2, 0) is 4.79 Å². The number of aliphatic hydroxyl groups excluding tert-OH is 1. The highest BCUT2D eigenvalue weighted by Crippen LogP contribution is 2.45. The molecule has 3 aliphatic rings. The van der Waals surface area contributed by atoms with Crippen molar-refractivity contribution < 1.29 is 9.90 Å². The van der Waals surface area contributed by atoms with E-state index in [1.165, 1.54) is 0 Å². The number of rotatable bonds is 7. The maximum absolute atomic E-state index is 13.7. The van der Waals surface area contributed by atoms with E-state index in [2.05, 4.69) is 39.1 Å². The number of aliphatic hydroxyl groups is 1. The molecule has 3 rings (SSSR count). The van der Waals surface area contributed by atoms with Crippen LogP contribution in [0.4, 0.5) is 0 Å². The number of alkyl halides is 1. The highest BCUT2D eigenvalue weighted by atomic mass is 35.5. The molecule has 4 nitrogen and oxygen atoms in total. The highest BCUT2D eigenvalue weighted by Gasteiger charge is 2.43. The second-order valence-electron chi connectivity index (χ2n) is 10.9. The lowest BCUT2D eigenvalue weighted by molar-refractivity contribution is -0.141. The standard InChI is InChI=1S/C26H42Cl2N2O2/c1-5-17(2)23(29-24(31)19-8-12-21(28)13-9-19)25(32)30-15-14-22(26(3,4)16-30)18-6-10-20(27)11-7-18/h8,10,17-18,21-24,29,31H,5-7,9,11-16H2,1-4H3/t17-,18?,21?,22?,23+,24?/m0/s1. The molecule has 1 heterocycles. The average Bonchev–Trinajstić information content (AvgIpc) is 2.77. The van der Waals surface area contributed by atoms with Crippen LogP contribution in [0.1, 0.15) is 79.1 Å². The number of piperidine rings is 1. The molecule has 0 aromatic rings. The van der Waals surface area contributed by atoms with E-state index in [1.807, 2.05) is 11.0 Å². The van der Waals surface area contributed by atoms with Gasteiger partial charge < -0.3 is 10.0 Å². The minimum absolute atomic E-state index is 0.0656. The molecule has 0 spiro atoms. The summed E-state index contributed by atoms with van der Waals surface area (Å²) in [4.78, 5) is 15.7. The van der Waals surface area contributed by atoms with E-state index < -0.39 is 6.23 Å². The first-order chi connectivity index (χ1) is 15.1. The Kier molecular flexibility index (Phi) is 9.16. The third-order valence-electron chi connectivity index (χ3n) is 8.14. The zero-order valence-corrected chi connectivity index (χ0v) is 21.8. The average molecular weight is 486 g/mol. The first-order valence-electron chi connectivity index (χ1n) is 12.5. The minimum atomic E-state index is -0.786. The number of nitrogens with one attached hydrogen (secondary N) is 1. The summed E-state index contributed by atoms with van der Waals surface area (Å²) >= 11 is 12.4. The molecule has 1 saturated heterocycles. The van der Waals surface area contributed by atoms with Crippen LogP contribution in [0.25, 0.3) is 0 Å². The molecule has 0 radical (unpaired) electrons. The zero-order valence-electron chi connectivity index (χ0n) is 20.2. The Morgan fingerprint density at radius 2 is 2.00 bits per heavy atom. The molecule has 0 saturated carbocycles. The van der Waals surface area contributed by atoms with Gasteiger partial charge in [-0.1, -0.05) is 57.9 Å². The van der Waals surface area contributed by atoms with Crippen molar-refractivity contribution in [1.82, 2.24) is 10.2 Å². The molecule has 2 aliphatic carbocycles. The monoisotopic (exact) mass is 484 g/mol. The van der Waals surface area contributed by atoms with Crippen molar-refractivity contribution in [2.45, 2.75) is 96.7 Å². The number of carbonyl (C=O) groups is 1. The predicted molar refractivity (Wildman–Crippen MR) is 134 cm³/mol. The molecule has 1 aliphatic heterocycles. The van der Waals surface area contributed by atoms with Gasteiger partial charge in [-0.2, -0.15) is 0 Å². The summed E-state index contributed by atoms with van der Waals surface area (Å²) in [7, 11) is 0. The van der Waals surface area contributed by atoms with Gasteiger partial charge >= 0.3 is 0 Å². The molecule has 6 heteroatoms. The van der Waals surface area contributed by atoms with Crippen molar-refractivity contribution in [3.05, 3.63) is 22.8 Å². The van der Waals surface area contributed by atoms with Crippen LogP contribution < -0.4 is 5.32 Å². The van der Waals surface area contributed by atoms with Gasteiger partial charge in [0.1, 0.15) is 6.23 Å². The quantitative estimate of drug-likeness (QED) is 0.271. The number of nitrogens with zero attached hydrogens (tertiary/aromatic N) is 1. The van der Waals surface area contributed by atoms with Gasteiger partial charge in [-0.25, -0.2) is 0 Å². The fourth-order valence-electron chi connectivity index (χ4n) is 5.88. The molecule has 0 aromatic carbocycles. The molecule has 2 N–H and O–H groups in total. The Labute approximate surface area is 204 Å². The zero-order chi connectivity index (χ0) is 23.5. The van der Waals surface area contributed by atoms with E-state index in [-0.39, 0.29) is 28.7 Å². The lowest BCUT2D eigenvalue weighted by atomic mass is 9.65. The molecule has 182 valence electrons. The highest BCUT2D eigenvalue weighted by molar-refractivity contribution is 6.29. The Morgan fingerprint density at radius 1 is 1.25 bits per heavy atom. The summed E-state index contributed by atoms with van der Waals surface area (Å²) in [5.74, 6) is 1.53. The maximum atomic E-state index is 13.7. The van der Waals surface area contributed by atoms with Crippen molar-refractivity contribution in [3.8, 4) is 0 Å². The van der Waals surface area contributed by atoms with Gasteiger partial charge in [0.05, 0.1) is 6.04 Å². The molecule has 1 amide bonds. The van der Waals surface area contributed by atoms with Gasteiger partial charge in [0.2, 0.25) is 5.91 Å². The summed E-state index contributed by atoms with van der Waals surface area (Å²) < 4.78 is 0. The van der Waals surface area contributed by atoms with Crippen molar-refractivity contribution in [2.75, 3.05) is 13.1 Å². The summed E-state index contributed by atoms with van der Waals surface area (Å²) in [6.45, 7) is 10.4. The van der Waals surface area contributed by atoms with E-state index >= 15 is 0 Å². The van der Waals surface area contributed by atoms with Crippen molar-refractivity contribution in [3.63, 3.8) is 0 Å². The lowest BCUT2D eigenvalue weighted by Crippen LogP contribution is -2.58. The predicted octanol–water partition coefficient (Wildman–Crippen LogP) is 5.82. The van der Waals surface area contributed by atoms with Crippen LogP contribution in [0.3, 0.4) is 0 Å². The number of carbonyl (C=O) groups excluding carboxylic acids is 1. The van der Waals surface area contributed by atoms with Gasteiger partial charge in [0.25, 0.3) is 0 Å². The molecule has 0 bridgehead atoms. The van der Waals surface area contributed by atoms with Gasteiger partial charge in [0.15, 0.2) is 0 Å². The summed E-state index contributed by atoms with van der Waals surface area (Å²) in [6, 6.07) is -0.381. The molecular formula is C26H42Cl2N2O2. The maximum Gasteiger partial charge on any atom is 0.240 e. The van der Waals surface area contributed by atoms with Crippen LogP contribution in [0.2, 0.25) is 0 Å². The van der Waals surface area contributed by atoms with Crippen LogP contribution in [-0.4, -0.2) is 46.6 Å². The SMILES string of the molecule is CC[C@H](C)[C@@H](NC(O)C1=CCC(Cl)CC1)C(=O)N1CCC(C2CC=C(Cl)CC2)C(C)(C)C1.